The van der Waals surface area contributed by atoms with Gasteiger partial charge >= 0.3 is 0 Å². The quantitative estimate of drug-likeness (QED) is 0.308. The average Bonchev–Trinajstić information content (AvgIpc) is 3.72. The van der Waals surface area contributed by atoms with Gasteiger partial charge in [0.15, 0.2) is 5.65 Å². The highest BCUT2D eigenvalue weighted by molar-refractivity contribution is 5.92. The molecule has 3 heterocycles. The van der Waals surface area contributed by atoms with Crippen molar-refractivity contribution in [2.24, 2.45) is 17.8 Å². The number of halogens is 4. The summed E-state index contributed by atoms with van der Waals surface area (Å²) >= 11 is 0. The molecule has 3 aliphatic rings. The van der Waals surface area contributed by atoms with Crippen molar-refractivity contribution in [3.8, 4) is 0 Å². The van der Waals surface area contributed by atoms with Crippen LogP contribution in [0.1, 0.15) is 105 Å². The van der Waals surface area contributed by atoms with Gasteiger partial charge in [-0.3, -0.25) is 14.3 Å². The van der Waals surface area contributed by atoms with Crippen molar-refractivity contribution in [3.63, 3.8) is 0 Å². The third-order valence-corrected chi connectivity index (χ3v) is 8.75. The zero-order chi connectivity index (χ0) is 29.8. The minimum absolute atomic E-state index is 0.0499. The normalized spacial score (nSPS) is 23.1. The van der Waals surface area contributed by atoms with Crippen LogP contribution in [0, 0.1) is 17.8 Å². The van der Waals surface area contributed by atoms with Gasteiger partial charge < -0.3 is 10.6 Å². The zero-order valence-corrected chi connectivity index (χ0v) is 23.6. The summed E-state index contributed by atoms with van der Waals surface area (Å²) in [6.07, 6.45) is 6.14. The van der Waals surface area contributed by atoms with Crippen molar-refractivity contribution in [1.29, 1.82) is 0 Å². The standard InChI is InChI=1S/C29H35F4N7O2/c1-16(2)40-22(7-10-34-40)27(42)38-26(18-5-8-28(30,31)9-6-18)21-15-39-23(36-21)11-19(14-35-39)25(17-3-4-17)37-24(41)12-20-13-29(20,32)33/h7,10-11,14-18,20,25-26H,3-6,8-9,12-13H2,1-2H3,(H,37,41)(H,38,42)/t20-,25-,26+/m1/s1. The first kappa shape index (κ1) is 28.6. The third-order valence-electron chi connectivity index (χ3n) is 8.75. The van der Waals surface area contributed by atoms with Crippen molar-refractivity contribution in [3.05, 3.63) is 47.7 Å². The number of rotatable bonds is 10. The van der Waals surface area contributed by atoms with Gasteiger partial charge in [-0.2, -0.15) is 10.2 Å². The topological polar surface area (TPSA) is 106 Å². The Hall–Kier alpha value is -3.51. The Morgan fingerprint density at radius 2 is 1.71 bits per heavy atom. The molecule has 2 amide bonds. The van der Waals surface area contributed by atoms with E-state index in [1.54, 1.807) is 39.9 Å². The lowest BCUT2D eigenvalue weighted by atomic mass is 9.81. The molecule has 3 atom stereocenters. The largest absolute Gasteiger partial charge is 0.349 e. The number of nitrogens with zero attached hydrogens (tertiary/aromatic N) is 5. The number of alkyl halides is 4. The van der Waals surface area contributed by atoms with E-state index < -0.39 is 29.7 Å². The van der Waals surface area contributed by atoms with E-state index in [1.807, 2.05) is 13.8 Å². The first-order valence-corrected chi connectivity index (χ1v) is 14.6. The van der Waals surface area contributed by atoms with Crippen LogP contribution in [-0.4, -0.2) is 48.0 Å². The number of fused-ring (bicyclic) bond motifs is 1. The molecule has 226 valence electrons. The number of hydrogen-bond acceptors (Lipinski definition) is 5. The molecule has 0 bridgehead atoms. The molecule has 3 aliphatic carbocycles. The molecule has 0 spiro atoms. The number of imidazole rings is 1. The van der Waals surface area contributed by atoms with Gasteiger partial charge in [0.25, 0.3) is 11.8 Å². The van der Waals surface area contributed by atoms with Gasteiger partial charge in [0.2, 0.25) is 11.8 Å². The van der Waals surface area contributed by atoms with Crippen LogP contribution in [0.3, 0.4) is 0 Å². The van der Waals surface area contributed by atoms with E-state index in [9.17, 15) is 27.2 Å². The van der Waals surface area contributed by atoms with E-state index in [2.05, 4.69) is 20.8 Å². The molecule has 6 rings (SSSR count). The minimum Gasteiger partial charge on any atom is -0.349 e. The molecule has 2 N–H and O–H groups in total. The minimum atomic E-state index is -2.76. The van der Waals surface area contributed by atoms with Crippen molar-refractivity contribution in [2.75, 3.05) is 0 Å². The molecule has 3 saturated carbocycles. The monoisotopic (exact) mass is 589 g/mol. The number of carbonyl (C=O) groups excluding carboxylic acids is 2. The molecular formula is C29H35F4N7O2. The summed E-state index contributed by atoms with van der Waals surface area (Å²) in [6.45, 7) is 3.82. The van der Waals surface area contributed by atoms with Gasteiger partial charge in [0, 0.05) is 43.8 Å². The van der Waals surface area contributed by atoms with Crippen molar-refractivity contribution < 1.29 is 27.2 Å². The maximum Gasteiger partial charge on any atom is 0.270 e. The Labute approximate surface area is 240 Å². The number of nitrogens with one attached hydrogen (secondary N) is 2. The van der Waals surface area contributed by atoms with Gasteiger partial charge in [-0.25, -0.2) is 27.1 Å². The number of amides is 2. The summed E-state index contributed by atoms with van der Waals surface area (Å²) in [5.41, 5.74) is 2.06. The smallest absolute Gasteiger partial charge is 0.270 e. The van der Waals surface area contributed by atoms with Gasteiger partial charge in [-0.1, -0.05) is 0 Å². The Balaban J connectivity index is 1.25. The van der Waals surface area contributed by atoms with E-state index in [0.29, 0.717) is 17.0 Å². The van der Waals surface area contributed by atoms with E-state index in [0.717, 1.165) is 18.4 Å². The summed E-state index contributed by atoms with van der Waals surface area (Å²) in [5, 5.41) is 14.7. The highest BCUT2D eigenvalue weighted by atomic mass is 19.3. The highest BCUT2D eigenvalue weighted by Gasteiger charge is 2.57. The van der Waals surface area contributed by atoms with Gasteiger partial charge in [-0.15, -0.1) is 0 Å². The molecule has 3 aromatic rings. The van der Waals surface area contributed by atoms with E-state index in [-0.39, 0.29) is 68.4 Å². The van der Waals surface area contributed by atoms with Gasteiger partial charge in [0.05, 0.1) is 30.2 Å². The van der Waals surface area contributed by atoms with Crippen LogP contribution in [0.2, 0.25) is 0 Å². The molecule has 3 aromatic heterocycles. The molecule has 0 saturated heterocycles. The Bertz CT molecular complexity index is 1470. The van der Waals surface area contributed by atoms with Gasteiger partial charge in [0.1, 0.15) is 5.69 Å². The Kier molecular flexibility index (Phi) is 7.25. The molecule has 0 aromatic carbocycles. The van der Waals surface area contributed by atoms with Crippen molar-refractivity contribution >= 4 is 17.5 Å². The summed E-state index contributed by atoms with van der Waals surface area (Å²) in [4.78, 5) is 30.7. The lowest BCUT2D eigenvalue weighted by Gasteiger charge is -2.33. The molecular weight excluding hydrogens is 554 g/mol. The van der Waals surface area contributed by atoms with Crippen molar-refractivity contribution in [1.82, 2.24) is 35.0 Å². The first-order valence-electron chi connectivity index (χ1n) is 14.6. The maximum atomic E-state index is 14.0. The fourth-order valence-corrected chi connectivity index (χ4v) is 6.03. The van der Waals surface area contributed by atoms with Crippen LogP contribution < -0.4 is 10.6 Å². The zero-order valence-electron chi connectivity index (χ0n) is 23.6. The summed E-state index contributed by atoms with van der Waals surface area (Å²) in [6, 6.07) is 2.37. The Morgan fingerprint density at radius 1 is 1.02 bits per heavy atom. The number of carbonyl (C=O) groups is 2. The summed E-state index contributed by atoms with van der Waals surface area (Å²) < 4.78 is 57.9. The summed E-state index contributed by atoms with van der Waals surface area (Å²) in [7, 11) is 0. The Morgan fingerprint density at radius 3 is 2.36 bits per heavy atom. The highest BCUT2D eigenvalue weighted by Crippen LogP contribution is 2.51. The second-order valence-corrected chi connectivity index (χ2v) is 12.4. The first-order chi connectivity index (χ1) is 19.9. The lowest BCUT2D eigenvalue weighted by Crippen LogP contribution is -2.38. The predicted molar refractivity (Wildman–Crippen MR) is 144 cm³/mol. The fraction of sp³-hybridized carbons (Fsp3) is 0.621. The molecule has 0 aliphatic heterocycles. The molecule has 42 heavy (non-hydrogen) atoms. The van der Waals surface area contributed by atoms with Crippen LogP contribution >= 0.6 is 0 Å². The van der Waals surface area contributed by atoms with Crippen LogP contribution in [0.4, 0.5) is 17.6 Å². The fourth-order valence-electron chi connectivity index (χ4n) is 6.03. The maximum absolute atomic E-state index is 14.0. The number of hydrogen-bond donors (Lipinski definition) is 2. The summed E-state index contributed by atoms with van der Waals surface area (Å²) in [5.74, 6) is -7.23. The van der Waals surface area contributed by atoms with E-state index in [1.165, 1.54) is 0 Å². The molecule has 9 nitrogen and oxygen atoms in total. The second-order valence-electron chi connectivity index (χ2n) is 12.4. The third kappa shape index (κ3) is 6.00. The van der Waals surface area contributed by atoms with Crippen LogP contribution in [-0.2, 0) is 4.79 Å². The number of aromatic nitrogens is 5. The molecule has 3 fully saturated rings. The predicted octanol–water partition coefficient (Wildman–Crippen LogP) is 5.42. The lowest BCUT2D eigenvalue weighted by molar-refractivity contribution is -0.123. The van der Waals surface area contributed by atoms with E-state index in [4.69, 9.17) is 4.98 Å². The van der Waals surface area contributed by atoms with E-state index >= 15 is 0 Å². The van der Waals surface area contributed by atoms with Crippen LogP contribution in [0.15, 0.2) is 30.7 Å². The van der Waals surface area contributed by atoms with Crippen molar-refractivity contribution in [2.45, 2.75) is 95.2 Å². The molecule has 0 radical (unpaired) electrons. The van der Waals surface area contributed by atoms with Crippen LogP contribution in [0.25, 0.3) is 5.65 Å². The van der Waals surface area contributed by atoms with Crippen LogP contribution in [0.5, 0.6) is 0 Å². The molecule has 0 unspecified atom stereocenters. The molecule has 13 heteroatoms. The SMILES string of the molecule is CC(C)n1nccc1C(=O)N[C@H](c1cn2ncc([C@H](NC(=O)C[C@@H]3CC3(F)F)C3CC3)cc2n1)C1CCC(F)(F)CC1. The average molecular weight is 590 g/mol. The van der Waals surface area contributed by atoms with Gasteiger partial charge in [-0.05, 0) is 69.1 Å². The second kappa shape index (κ2) is 10.6.